The minimum Gasteiger partial charge on any atom is -0.267 e. The molecule has 0 amide bonds. The first kappa shape index (κ1) is 6.40. The van der Waals surface area contributed by atoms with E-state index in [0.717, 1.165) is 6.42 Å². The maximum Gasteiger partial charge on any atom is 0.152 e. The summed E-state index contributed by atoms with van der Waals surface area (Å²) >= 11 is 1.83. The molecule has 0 spiro atoms. The Morgan fingerprint density at radius 2 is 2.60 bits per heavy atom. The molecule has 2 aliphatic rings. The van der Waals surface area contributed by atoms with Crippen molar-refractivity contribution in [2.24, 2.45) is 9.98 Å². The van der Waals surface area contributed by atoms with Gasteiger partial charge in [0.05, 0.1) is 10.8 Å². The first-order valence-corrected chi connectivity index (χ1v) is 4.51. The molecule has 2 atom stereocenters. The third-order valence-electron chi connectivity index (χ3n) is 1.93. The molecule has 0 aromatic heterocycles. The van der Waals surface area contributed by atoms with Crippen LogP contribution in [0, 0.1) is 0 Å². The number of rotatable bonds is 0. The van der Waals surface area contributed by atoms with E-state index < -0.39 is 0 Å². The monoisotopic (exact) mass is 154 g/mol. The maximum atomic E-state index is 4.44. The standard InChI is InChI=1S/C7H10N2S/c1-5-2-3-6-7(9-5)8-4-10-6/h4,6-7H,2-3H2,1H3. The number of fused-ring (bicyclic) bond motifs is 1. The highest BCUT2D eigenvalue weighted by atomic mass is 32.2. The van der Waals surface area contributed by atoms with Crippen LogP contribution in [0.25, 0.3) is 0 Å². The summed E-state index contributed by atoms with van der Waals surface area (Å²) in [6.45, 7) is 2.09. The highest BCUT2D eigenvalue weighted by Crippen LogP contribution is 2.30. The fourth-order valence-corrected chi connectivity index (χ4v) is 2.19. The molecule has 0 radical (unpaired) electrons. The highest BCUT2D eigenvalue weighted by molar-refractivity contribution is 8.12. The average Bonchev–Trinajstić information content (AvgIpc) is 2.33. The molecular formula is C7H10N2S. The van der Waals surface area contributed by atoms with Crippen molar-refractivity contribution < 1.29 is 0 Å². The van der Waals surface area contributed by atoms with Crippen molar-refractivity contribution >= 4 is 23.0 Å². The Labute approximate surface area is 64.8 Å². The molecule has 2 heterocycles. The quantitative estimate of drug-likeness (QED) is 0.521. The molecule has 10 heavy (non-hydrogen) atoms. The lowest BCUT2D eigenvalue weighted by Crippen LogP contribution is -2.22. The van der Waals surface area contributed by atoms with E-state index >= 15 is 0 Å². The van der Waals surface area contributed by atoms with E-state index in [1.807, 2.05) is 17.3 Å². The van der Waals surface area contributed by atoms with Crippen molar-refractivity contribution in [1.82, 2.24) is 0 Å². The number of hydrogen-bond donors (Lipinski definition) is 0. The molecule has 2 aliphatic heterocycles. The third-order valence-corrected chi connectivity index (χ3v) is 3.00. The van der Waals surface area contributed by atoms with Crippen LogP contribution in [-0.4, -0.2) is 22.7 Å². The first-order valence-electron chi connectivity index (χ1n) is 3.56. The van der Waals surface area contributed by atoms with Crippen LogP contribution < -0.4 is 0 Å². The van der Waals surface area contributed by atoms with Gasteiger partial charge >= 0.3 is 0 Å². The summed E-state index contributed by atoms with van der Waals surface area (Å²) in [4.78, 5) is 8.70. The molecule has 0 aliphatic carbocycles. The topological polar surface area (TPSA) is 24.7 Å². The Balaban J connectivity index is 2.19. The lowest BCUT2D eigenvalue weighted by Gasteiger charge is -2.19. The Kier molecular flexibility index (Phi) is 1.52. The van der Waals surface area contributed by atoms with Gasteiger partial charge in [0.15, 0.2) is 6.17 Å². The van der Waals surface area contributed by atoms with Gasteiger partial charge in [-0.05, 0) is 19.8 Å². The van der Waals surface area contributed by atoms with Crippen LogP contribution in [-0.2, 0) is 0 Å². The van der Waals surface area contributed by atoms with Gasteiger partial charge in [-0.3, -0.25) is 9.98 Å². The molecule has 0 fully saturated rings. The number of nitrogens with zero attached hydrogens (tertiary/aromatic N) is 2. The van der Waals surface area contributed by atoms with Gasteiger partial charge in [0, 0.05) is 5.71 Å². The minimum absolute atomic E-state index is 0.263. The van der Waals surface area contributed by atoms with Gasteiger partial charge < -0.3 is 0 Å². The van der Waals surface area contributed by atoms with Crippen molar-refractivity contribution in [3.8, 4) is 0 Å². The average molecular weight is 154 g/mol. The molecule has 0 bridgehead atoms. The number of hydrogen-bond acceptors (Lipinski definition) is 3. The van der Waals surface area contributed by atoms with E-state index in [1.54, 1.807) is 0 Å². The summed E-state index contributed by atoms with van der Waals surface area (Å²) < 4.78 is 0. The second-order valence-corrected chi connectivity index (χ2v) is 3.83. The van der Waals surface area contributed by atoms with Gasteiger partial charge in [0.1, 0.15) is 0 Å². The fraction of sp³-hybridized carbons (Fsp3) is 0.714. The van der Waals surface area contributed by atoms with Crippen LogP contribution in [0.2, 0.25) is 0 Å². The van der Waals surface area contributed by atoms with Gasteiger partial charge in [-0.15, -0.1) is 11.8 Å². The Morgan fingerprint density at radius 3 is 3.50 bits per heavy atom. The largest absolute Gasteiger partial charge is 0.267 e. The first-order chi connectivity index (χ1) is 4.86. The van der Waals surface area contributed by atoms with E-state index in [0.29, 0.717) is 5.25 Å². The Hall–Kier alpha value is -0.310. The molecule has 54 valence electrons. The number of aliphatic imine (C=N–C) groups is 2. The molecular weight excluding hydrogens is 144 g/mol. The van der Waals surface area contributed by atoms with Crippen molar-refractivity contribution in [2.45, 2.75) is 31.2 Å². The van der Waals surface area contributed by atoms with Crippen molar-refractivity contribution in [1.29, 1.82) is 0 Å². The molecule has 0 saturated carbocycles. The fourth-order valence-electron chi connectivity index (χ4n) is 1.32. The van der Waals surface area contributed by atoms with Gasteiger partial charge in [0.2, 0.25) is 0 Å². The predicted molar refractivity (Wildman–Crippen MR) is 46.0 cm³/mol. The van der Waals surface area contributed by atoms with Crippen LogP contribution >= 0.6 is 11.8 Å². The second-order valence-electron chi connectivity index (χ2n) is 2.75. The van der Waals surface area contributed by atoms with Crippen molar-refractivity contribution in [3.63, 3.8) is 0 Å². The summed E-state index contributed by atoms with van der Waals surface area (Å²) in [5, 5.41) is 0.656. The Bertz CT molecular complexity index is 198. The molecule has 0 N–H and O–H groups in total. The molecule has 0 aromatic carbocycles. The third kappa shape index (κ3) is 0.985. The predicted octanol–water partition coefficient (Wildman–Crippen LogP) is 1.71. The van der Waals surface area contributed by atoms with Crippen molar-refractivity contribution in [2.75, 3.05) is 0 Å². The molecule has 0 aromatic rings. The van der Waals surface area contributed by atoms with Crippen LogP contribution in [0.5, 0.6) is 0 Å². The van der Waals surface area contributed by atoms with E-state index in [-0.39, 0.29) is 6.17 Å². The van der Waals surface area contributed by atoms with E-state index in [9.17, 15) is 0 Å². The molecule has 2 nitrogen and oxygen atoms in total. The van der Waals surface area contributed by atoms with Gasteiger partial charge in [-0.1, -0.05) is 0 Å². The zero-order valence-electron chi connectivity index (χ0n) is 5.95. The van der Waals surface area contributed by atoms with Crippen LogP contribution in [0.4, 0.5) is 0 Å². The molecule has 2 unspecified atom stereocenters. The SMILES string of the molecule is CC1=NC2N=CSC2CC1. The summed E-state index contributed by atoms with van der Waals surface area (Å²) in [5.74, 6) is 0. The van der Waals surface area contributed by atoms with E-state index in [2.05, 4.69) is 16.9 Å². The van der Waals surface area contributed by atoms with Gasteiger partial charge in [-0.25, -0.2) is 0 Å². The van der Waals surface area contributed by atoms with Gasteiger partial charge in [0.25, 0.3) is 0 Å². The van der Waals surface area contributed by atoms with Crippen LogP contribution in [0.1, 0.15) is 19.8 Å². The summed E-state index contributed by atoms with van der Waals surface area (Å²) in [6, 6.07) is 0. The summed E-state index contributed by atoms with van der Waals surface area (Å²) in [7, 11) is 0. The van der Waals surface area contributed by atoms with Crippen LogP contribution in [0.15, 0.2) is 9.98 Å². The number of thioether (sulfide) groups is 1. The summed E-state index contributed by atoms with van der Waals surface area (Å²) in [5.41, 5.74) is 3.21. The second kappa shape index (κ2) is 2.38. The Morgan fingerprint density at radius 1 is 1.70 bits per heavy atom. The minimum atomic E-state index is 0.263. The zero-order valence-corrected chi connectivity index (χ0v) is 6.77. The smallest absolute Gasteiger partial charge is 0.152 e. The van der Waals surface area contributed by atoms with Crippen LogP contribution in [0.3, 0.4) is 0 Å². The molecule has 2 rings (SSSR count). The molecule has 0 saturated heterocycles. The lowest BCUT2D eigenvalue weighted by atomic mass is 10.1. The van der Waals surface area contributed by atoms with E-state index in [1.165, 1.54) is 12.1 Å². The lowest BCUT2D eigenvalue weighted by molar-refractivity contribution is 0.617. The normalized spacial score (nSPS) is 37.5. The zero-order chi connectivity index (χ0) is 6.97. The summed E-state index contributed by atoms with van der Waals surface area (Å²) in [6.07, 6.45) is 2.68. The maximum absolute atomic E-state index is 4.44. The van der Waals surface area contributed by atoms with Crippen molar-refractivity contribution in [3.05, 3.63) is 0 Å². The van der Waals surface area contributed by atoms with E-state index in [4.69, 9.17) is 0 Å². The molecule has 3 heteroatoms. The highest BCUT2D eigenvalue weighted by Gasteiger charge is 2.27. The van der Waals surface area contributed by atoms with Gasteiger partial charge in [-0.2, -0.15) is 0 Å².